The fourth-order valence-electron chi connectivity index (χ4n) is 6.42. The van der Waals surface area contributed by atoms with Gasteiger partial charge in [0.2, 0.25) is 0 Å². The molecule has 1 aliphatic heterocycles. The Labute approximate surface area is 257 Å². The number of rotatable bonds is 8. The highest BCUT2D eigenvalue weighted by molar-refractivity contribution is 6.32. The number of allylic oxidation sites excluding steroid dienone is 2. The van der Waals surface area contributed by atoms with E-state index in [1.807, 2.05) is 43.5 Å². The Hall–Kier alpha value is -4.54. The van der Waals surface area contributed by atoms with Gasteiger partial charge in [0.25, 0.3) is 0 Å². The summed E-state index contributed by atoms with van der Waals surface area (Å²) in [5, 5.41) is 6.64. The lowest BCUT2D eigenvalue weighted by molar-refractivity contribution is 0.270. The molecule has 2 aliphatic rings. The predicted octanol–water partition coefficient (Wildman–Crippen LogP) is 10.0. The third kappa shape index (κ3) is 5.51. The molecule has 0 fully saturated rings. The molecule has 0 radical (unpaired) electrons. The minimum atomic E-state index is 0.266. The highest BCUT2D eigenvalue weighted by atomic mass is 35.5. The van der Waals surface area contributed by atoms with Gasteiger partial charge in [0.1, 0.15) is 6.61 Å². The maximum absolute atomic E-state index is 6.74. The smallest absolute Gasteiger partial charge is 0.180 e. The lowest BCUT2D eigenvalue weighted by Gasteiger charge is -2.37. The molecule has 1 heterocycles. The Bertz CT molecular complexity index is 1820. The molecule has 1 aliphatic carbocycles. The van der Waals surface area contributed by atoms with Crippen LogP contribution in [0.3, 0.4) is 0 Å². The normalized spacial score (nSPS) is 18.8. The van der Waals surface area contributed by atoms with Gasteiger partial charge in [-0.25, -0.2) is 0 Å². The highest BCUT2D eigenvalue weighted by Crippen LogP contribution is 2.49. The quantitative estimate of drug-likeness (QED) is 0.146. The third-order valence-corrected chi connectivity index (χ3v) is 8.75. The number of nitrogens with one attached hydrogen (secondary N) is 1. The second-order valence-corrected chi connectivity index (χ2v) is 11.5. The number of nitrogens with zero attached hydrogens (tertiary/aromatic N) is 1. The molecule has 0 spiro atoms. The summed E-state index contributed by atoms with van der Waals surface area (Å²) in [5.74, 6) is 2.13. The molecule has 5 aromatic rings. The van der Waals surface area contributed by atoms with Crippen LogP contribution in [0.4, 0.5) is 11.4 Å². The van der Waals surface area contributed by atoms with Crippen LogP contribution in [-0.2, 0) is 6.61 Å². The van der Waals surface area contributed by atoms with Crippen molar-refractivity contribution in [2.75, 3.05) is 11.9 Å². The fraction of sp³-hybridized carbons (Fsp3) is 0.184. The van der Waals surface area contributed by atoms with Crippen LogP contribution >= 0.6 is 11.6 Å². The Morgan fingerprint density at radius 1 is 0.907 bits per heavy atom. The number of aliphatic imine (C=N–C) groups is 1. The van der Waals surface area contributed by atoms with Crippen LogP contribution in [0.25, 0.3) is 10.8 Å². The average molecular weight is 585 g/mol. The van der Waals surface area contributed by atoms with Crippen molar-refractivity contribution >= 4 is 40.0 Å². The van der Waals surface area contributed by atoms with E-state index in [0.717, 1.165) is 28.6 Å². The number of para-hydroxylation sites is 1. The second kappa shape index (κ2) is 12.0. The zero-order chi connectivity index (χ0) is 29.2. The molecule has 0 saturated heterocycles. The zero-order valence-corrected chi connectivity index (χ0v) is 24.8. The van der Waals surface area contributed by atoms with E-state index in [1.165, 1.54) is 22.2 Å². The number of hydrogen-bond donors (Lipinski definition) is 1. The summed E-state index contributed by atoms with van der Waals surface area (Å²) in [5.41, 5.74) is 6.73. The first-order valence-corrected chi connectivity index (χ1v) is 15.3. The van der Waals surface area contributed by atoms with Crippen molar-refractivity contribution in [3.8, 4) is 11.5 Å². The topological polar surface area (TPSA) is 42.8 Å². The predicted molar refractivity (Wildman–Crippen MR) is 177 cm³/mol. The van der Waals surface area contributed by atoms with Crippen LogP contribution in [-0.4, -0.2) is 12.8 Å². The molecule has 0 saturated carbocycles. The third-order valence-electron chi connectivity index (χ3n) is 8.47. The van der Waals surface area contributed by atoms with E-state index in [0.29, 0.717) is 41.6 Å². The van der Waals surface area contributed by atoms with Crippen LogP contribution in [0.2, 0.25) is 5.02 Å². The van der Waals surface area contributed by atoms with Crippen molar-refractivity contribution in [3.05, 3.63) is 143 Å². The maximum atomic E-state index is 6.74. The lowest BCUT2D eigenvalue weighted by atomic mass is 9.77. The molecule has 1 N–H and O–H groups in total. The maximum Gasteiger partial charge on any atom is 0.180 e. The SMILES string of the molecule is CCOc1cc(C=Nc2ccc([C@@H]3Nc4ccccc4[C@@H]4C=CC[C@H]43)cc2)cc(Cl)c1OCc1cccc2ccccc12. The largest absolute Gasteiger partial charge is 0.490 e. The van der Waals surface area contributed by atoms with Gasteiger partial charge < -0.3 is 14.8 Å². The summed E-state index contributed by atoms with van der Waals surface area (Å²) in [6.07, 6.45) is 7.61. The van der Waals surface area contributed by atoms with E-state index >= 15 is 0 Å². The minimum absolute atomic E-state index is 0.266. The first-order chi connectivity index (χ1) is 21.2. The molecule has 214 valence electrons. The summed E-state index contributed by atoms with van der Waals surface area (Å²) < 4.78 is 12.2. The molecular formula is C38H33ClN2O2. The van der Waals surface area contributed by atoms with Crippen LogP contribution in [0.1, 0.15) is 47.6 Å². The van der Waals surface area contributed by atoms with Gasteiger partial charge in [-0.2, -0.15) is 0 Å². The van der Waals surface area contributed by atoms with Crippen molar-refractivity contribution in [1.29, 1.82) is 0 Å². The van der Waals surface area contributed by atoms with Gasteiger partial charge in [-0.3, -0.25) is 4.99 Å². The van der Waals surface area contributed by atoms with E-state index < -0.39 is 0 Å². The van der Waals surface area contributed by atoms with Crippen LogP contribution in [0.15, 0.2) is 120 Å². The van der Waals surface area contributed by atoms with Crippen molar-refractivity contribution in [2.45, 2.75) is 31.9 Å². The fourth-order valence-corrected chi connectivity index (χ4v) is 6.70. The minimum Gasteiger partial charge on any atom is -0.490 e. The van der Waals surface area contributed by atoms with Gasteiger partial charge in [0.05, 0.1) is 23.4 Å². The van der Waals surface area contributed by atoms with E-state index in [-0.39, 0.29) is 6.04 Å². The Morgan fingerprint density at radius 3 is 2.60 bits per heavy atom. The van der Waals surface area contributed by atoms with Crippen molar-refractivity contribution in [2.24, 2.45) is 10.9 Å². The van der Waals surface area contributed by atoms with E-state index in [9.17, 15) is 0 Å². The van der Waals surface area contributed by atoms with Gasteiger partial charge in [-0.15, -0.1) is 0 Å². The molecule has 0 bridgehead atoms. The number of fused-ring (bicyclic) bond motifs is 4. The monoisotopic (exact) mass is 584 g/mol. The van der Waals surface area contributed by atoms with Gasteiger partial charge in [-0.1, -0.05) is 96.5 Å². The van der Waals surface area contributed by atoms with Crippen LogP contribution < -0.4 is 14.8 Å². The molecule has 5 heteroatoms. The number of anilines is 1. The molecule has 5 aromatic carbocycles. The molecule has 7 rings (SSSR count). The Kier molecular flexibility index (Phi) is 7.61. The standard InChI is InChI=1S/C38H33ClN2O2/c1-2-42-36-22-25(21-34(39)38(36)43-24-28-11-7-10-26-9-3-4-12-30(26)28)23-40-29-19-17-27(18-20-29)37-33-15-8-14-31(33)32-13-5-6-16-35(32)41-37/h3-14,16-23,31,33,37,41H,2,15,24H2,1H3/t31-,33+,37-/m0/s1. The molecule has 0 amide bonds. The first kappa shape index (κ1) is 27.3. The highest BCUT2D eigenvalue weighted by Gasteiger charge is 2.37. The Balaban J connectivity index is 1.08. The van der Waals surface area contributed by atoms with Gasteiger partial charge >= 0.3 is 0 Å². The van der Waals surface area contributed by atoms with Crippen LogP contribution in [0, 0.1) is 5.92 Å². The van der Waals surface area contributed by atoms with Gasteiger partial charge in [-0.05, 0) is 82.6 Å². The summed E-state index contributed by atoms with van der Waals surface area (Å²) in [6.45, 7) is 2.84. The summed E-state index contributed by atoms with van der Waals surface area (Å²) in [6, 6.07) is 35.8. The van der Waals surface area contributed by atoms with E-state index in [2.05, 4.69) is 90.3 Å². The molecule has 43 heavy (non-hydrogen) atoms. The molecule has 0 aromatic heterocycles. The molecule has 4 nitrogen and oxygen atoms in total. The average Bonchev–Trinajstić information content (AvgIpc) is 3.54. The van der Waals surface area contributed by atoms with E-state index in [1.54, 1.807) is 0 Å². The summed E-state index contributed by atoms with van der Waals surface area (Å²) in [7, 11) is 0. The van der Waals surface area contributed by atoms with Crippen LogP contribution in [0.5, 0.6) is 11.5 Å². The van der Waals surface area contributed by atoms with E-state index in [4.69, 9.17) is 26.1 Å². The van der Waals surface area contributed by atoms with Crippen molar-refractivity contribution < 1.29 is 9.47 Å². The number of hydrogen-bond acceptors (Lipinski definition) is 4. The van der Waals surface area contributed by atoms with Crippen molar-refractivity contribution in [1.82, 2.24) is 0 Å². The van der Waals surface area contributed by atoms with Gasteiger partial charge in [0.15, 0.2) is 11.5 Å². The Morgan fingerprint density at radius 2 is 1.72 bits per heavy atom. The second-order valence-electron chi connectivity index (χ2n) is 11.1. The summed E-state index contributed by atoms with van der Waals surface area (Å²) >= 11 is 6.74. The number of ether oxygens (including phenoxy) is 2. The van der Waals surface area contributed by atoms with Gasteiger partial charge in [0, 0.05) is 17.8 Å². The molecular weight excluding hydrogens is 552 g/mol. The van der Waals surface area contributed by atoms with Crippen molar-refractivity contribution in [3.63, 3.8) is 0 Å². The zero-order valence-electron chi connectivity index (χ0n) is 24.0. The lowest BCUT2D eigenvalue weighted by Crippen LogP contribution is -2.28. The molecule has 0 unspecified atom stereocenters. The molecule has 3 atom stereocenters. The number of benzene rings is 5. The summed E-state index contributed by atoms with van der Waals surface area (Å²) in [4.78, 5) is 4.75. The first-order valence-electron chi connectivity index (χ1n) is 14.9. The number of halogens is 1.